The van der Waals surface area contributed by atoms with Crippen LogP contribution >= 0.6 is 0 Å². The average molecular weight is 197 g/mol. The molecule has 0 atom stereocenters. The van der Waals surface area contributed by atoms with Gasteiger partial charge in [0.05, 0.1) is 0 Å². The van der Waals surface area contributed by atoms with Crippen molar-refractivity contribution >= 4 is 17.8 Å². The molecule has 4 N–H and O–H groups in total. The van der Waals surface area contributed by atoms with Crippen molar-refractivity contribution in [1.29, 1.82) is 0 Å². The van der Waals surface area contributed by atoms with Gasteiger partial charge in [-0.3, -0.25) is 4.79 Å². The van der Waals surface area contributed by atoms with Crippen molar-refractivity contribution in [2.75, 3.05) is 12.8 Å². The van der Waals surface area contributed by atoms with Crippen LogP contribution in [0.25, 0.3) is 0 Å². The van der Waals surface area contributed by atoms with E-state index in [4.69, 9.17) is 10.8 Å². The molecule has 0 aliphatic rings. The molecule has 0 fully saturated rings. The number of carboxylic acid groups (broad SMARTS) is 1. The van der Waals surface area contributed by atoms with Gasteiger partial charge in [-0.15, -0.1) is 0 Å². The Morgan fingerprint density at radius 1 is 1.29 bits per heavy atom. The first kappa shape index (κ1) is 9.84. The van der Waals surface area contributed by atoms with Crippen LogP contribution in [0.3, 0.4) is 0 Å². The summed E-state index contributed by atoms with van der Waals surface area (Å²) in [6.45, 7) is 0. The van der Waals surface area contributed by atoms with Crippen molar-refractivity contribution in [3.05, 3.63) is 11.6 Å². The van der Waals surface area contributed by atoms with Crippen LogP contribution in [0.15, 0.2) is 0 Å². The molecule has 1 amide bonds. The van der Waals surface area contributed by atoms with E-state index in [1.807, 2.05) is 0 Å². The molecule has 0 saturated carbocycles. The van der Waals surface area contributed by atoms with Gasteiger partial charge in [0, 0.05) is 7.05 Å². The Bertz CT molecular complexity index is 391. The Morgan fingerprint density at radius 2 is 1.86 bits per heavy atom. The molecule has 0 bridgehead atoms. The van der Waals surface area contributed by atoms with Gasteiger partial charge in [0.2, 0.25) is 17.6 Å². The Labute approximate surface area is 78.2 Å². The first-order valence-electron chi connectivity index (χ1n) is 3.51. The zero-order valence-corrected chi connectivity index (χ0v) is 7.18. The second-order valence-corrected chi connectivity index (χ2v) is 2.23. The van der Waals surface area contributed by atoms with E-state index < -0.39 is 17.7 Å². The number of carbonyl (C=O) groups is 2. The van der Waals surface area contributed by atoms with Crippen molar-refractivity contribution < 1.29 is 14.7 Å². The zero-order chi connectivity index (χ0) is 10.7. The standard InChI is InChI=1S/C6H7N5O3/c1-8-4(12)2-9-3(5(13)14)11-6(7)10-2/h1H3,(H,8,12)(H,13,14)(H2,7,9,10,11). The summed E-state index contributed by atoms with van der Waals surface area (Å²) in [5.74, 6) is -3.18. The topological polar surface area (TPSA) is 131 Å². The molecule has 8 nitrogen and oxygen atoms in total. The first-order chi connectivity index (χ1) is 6.54. The molecule has 1 aromatic rings. The second kappa shape index (κ2) is 3.64. The van der Waals surface area contributed by atoms with E-state index >= 15 is 0 Å². The van der Waals surface area contributed by atoms with E-state index in [9.17, 15) is 9.59 Å². The molecular formula is C6H7N5O3. The predicted octanol–water partition coefficient (Wildman–Crippen LogP) is -1.49. The van der Waals surface area contributed by atoms with Gasteiger partial charge in [-0.05, 0) is 0 Å². The highest BCUT2D eigenvalue weighted by molar-refractivity contribution is 5.92. The molecule has 74 valence electrons. The third-order valence-corrected chi connectivity index (χ3v) is 1.27. The molecule has 0 radical (unpaired) electrons. The zero-order valence-electron chi connectivity index (χ0n) is 7.18. The van der Waals surface area contributed by atoms with Crippen molar-refractivity contribution in [2.45, 2.75) is 0 Å². The normalized spacial score (nSPS) is 9.50. The molecule has 14 heavy (non-hydrogen) atoms. The highest BCUT2D eigenvalue weighted by Crippen LogP contribution is 1.97. The number of carbonyl (C=O) groups excluding carboxylic acids is 1. The van der Waals surface area contributed by atoms with E-state index in [1.165, 1.54) is 7.05 Å². The van der Waals surface area contributed by atoms with Gasteiger partial charge in [-0.2, -0.15) is 15.0 Å². The minimum absolute atomic E-state index is 0.309. The number of anilines is 1. The average Bonchev–Trinajstić information content (AvgIpc) is 2.15. The summed E-state index contributed by atoms with van der Waals surface area (Å²) < 4.78 is 0. The van der Waals surface area contributed by atoms with Crippen molar-refractivity contribution in [1.82, 2.24) is 20.3 Å². The summed E-state index contributed by atoms with van der Waals surface area (Å²) in [4.78, 5) is 31.7. The summed E-state index contributed by atoms with van der Waals surface area (Å²) in [5, 5.41) is 10.8. The Balaban J connectivity index is 3.20. The number of nitrogens with zero attached hydrogens (tertiary/aromatic N) is 3. The predicted molar refractivity (Wildman–Crippen MR) is 44.6 cm³/mol. The lowest BCUT2D eigenvalue weighted by atomic mass is 10.5. The van der Waals surface area contributed by atoms with Crippen LogP contribution in [0.2, 0.25) is 0 Å². The molecule has 1 aromatic heterocycles. The monoisotopic (exact) mass is 197 g/mol. The lowest BCUT2D eigenvalue weighted by molar-refractivity contribution is 0.0683. The van der Waals surface area contributed by atoms with Gasteiger partial charge in [0.25, 0.3) is 5.91 Å². The lowest BCUT2D eigenvalue weighted by Crippen LogP contribution is -2.23. The van der Waals surface area contributed by atoms with E-state index in [0.717, 1.165) is 0 Å². The fraction of sp³-hybridized carbons (Fsp3) is 0.167. The van der Waals surface area contributed by atoms with Crippen molar-refractivity contribution in [3.8, 4) is 0 Å². The Morgan fingerprint density at radius 3 is 2.36 bits per heavy atom. The van der Waals surface area contributed by atoms with E-state index in [2.05, 4.69) is 20.3 Å². The van der Waals surface area contributed by atoms with Gasteiger partial charge in [-0.25, -0.2) is 4.79 Å². The number of carboxylic acids is 1. The van der Waals surface area contributed by atoms with Crippen LogP contribution in [0.1, 0.15) is 21.2 Å². The molecule has 1 heterocycles. The summed E-state index contributed by atoms with van der Waals surface area (Å²) >= 11 is 0. The fourth-order valence-corrected chi connectivity index (χ4v) is 0.701. The maximum atomic E-state index is 11.0. The number of nitrogens with two attached hydrogens (primary N) is 1. The number of nitrogen functional groups attached to an aromatic ring is 1. The van der Waals surface area contributed by atoms with E-state index in [0.29, 0.717) is 0 Å². The Hall–Kier alpha value is -2.25. The SMILES string of the molecule is CNC(=O)c1nc(N)nc(C(=O)O)n1. The maximum Gasteiger partial charge on any atom is 0.374 e. The highest BCUT2D eigenvalue weighted by Gasteiger charge is 2.14. The van der Waals surface area contributed by atoms with Crippen LogP contribution in [0.4, 0.5) is 5.95 Å². The minimum atomic E-state index is -1.37. The molecular weight excluding hydrogens is 190 g/mol. The Kier molecular flexibility index (Phi) is 2.56. The van der Waals surface area contributed by atoms with Gasteiger partial charge in [0.1, 0.15) is 0 Å². The second-order valence-electron chi connectivity index (χ2n) is 2.23. The van der Waals surface area contributed by atoms with Gasteiger partial charge >= 0.3 is 5.97 Å². The summed E-state index contributed by atoms with van der Waals surface area (Å²) in [5.41, 5.74) is 5.18. The molecule has 0 aliphatic carbocycles. The number of amides is 1. The van der Waals surface area contributed by atoms with Crippen molar-refractivity contribution in [3.63, 3.8) is 0 Å². The van der Waals surface area contributed by atoms with Crippen LogP contribution in [-0.2, 0) is 0 Å². The smallest absolute Gasteiger partial charge is 0.374 e. The quantitative estimate of drug-likeness (QED) is 0.526. The molecule has 0 unspecified atom stereocenters. The number of nitrogens with one attached hydrogen (secondary N) is 1. The number of hydrogen-bond donors (Lipinski definition) is 3. The molecule has 0 aromatic carbocycles. The largest absolute Gasteiger partial charge is 0.475 e. The molecule has 0 spiro atoms. The van der Waals surface area contributed by atoms with Crippen molar-refractivity contribution in [2.24, 2.45) is 0 Å². The molecule has 1 rings (SSSR count). The number of aromatic carboxylic acids is 1. The number of hydrogen-bond acceptors (Lipinski definition) is 6. The summed E-state index contributed by atoms with van der Waals surface area (Å²) in [6, 6.07) is 0. The fourth-order valence-electron chi connectivity index (χ4n) is 0.701. The molecule has 8 heteroatoms. The van der Waals surface area contributed by atoms with Gasteiger partial charge in [-0.1, -0.05) is 0 Å². The summed E-state index contributed by atoms with van der Waals surface area (Å²) in [6.07, 6.45) is 0. The summed E-state index contributed by atoms with van der Waals surface area (Å²) in [7, 11) is 1.36. The van der Waals surface area contributed by atoms with Crippen LogP contribution in [0.5, 0.6) is 0 Å². The van der Waals surface area contributed by atoms with Crippen LogP contribution < -0.4 is 11.1 Å². The maximum absolute atomic E-state index is 11.0. The number of rotatable bonds is 2. The third kappa shape index (κ3) is 1.91. The lowest BCUT2D eigenvalue weighted by Gasteiger charge is -1.99. The van der Waals surface area contributed by atoms with E-state index in [1.54, 1.807) is 0 Å². The van der Waals surface area contributed by atoms with Crippen LogP contribution in [-0.4, -0.2) is 39.0 Å². The number of aromatic nitrogens is 3. The minimum Gasteiger partial charge on any atom is -0.475 e. The molecule has 0 saturated heterocycles. The van der Waals surface area contributed by atoms with Crippen LogP contribution in [0, 0.1) is 0 Å². The highest BCUT2D eigenvalue weighted by atomic mass is 16.4. The van der Waals surface area contributed by atoms with Gasteiger partial charge < -0.3 is 16.2 Å². The third-order valence-electron chi connectivity index (χ3n) is 1.27. The molecule has 0 aliphatic heterocycles. The first-order valence-corrected chi connectivity index (χ1v) is 3.51. The van der Waals surface area contributed by atoms with Gasteiger partial charge in [0.15, 0.2) is 0 Å². The van der Waals surface area contributed by atoms with E-state index in [-0.39, 0.29) is 11.8 Å².